The molecule has 0 saturated heterocycles. The molecule has 0 saturated carbocycles. The summed E-state index contributed by atoms with van der Waals surface area (Å²) in [6.45, 7) is 0. The smallest absolute Gasteiger partial charge is 0.236 e. The number of rotatable bonds is 4. The van der Waals surface area contributed by atoms with Gasteiger partial charge in [0.05, 0.1) is 5.75 Å². The van der Waals surface area contributed by atoms with E-state index in [-0.39, 0.29) is 5.91 Å². The van der Waals surface area contributed by atoms with Crippen molar-refractivity contribution >= 4 is 39.8 Å². The maximum atomic E-state index is 11.6. The predicted molar refractivity (Wildman–Crippen MR) is 70.1 cm³/mol. The van der Waals surface area contributed by atoms with Crippen LogP contribution in [0.1, 0.15) is 0 Å². The third-order valence-electron chi connectivity index (χ3n) is 1.88. The van der Waals surface area contributed by atoms with Gasteiger partial charge in [0.1, 0.15) is 5.51 Å². The number of hydrogen-bond acceptors (Lipinski definition) is 6. The highest BCUT2D eigenvalue weighted by Gasteiger charge is 2.06. The van der Waals surface area contributed by atoms with Crippen LogP contribution in [0.15, 0.2) is 34.7 Å². The topological polar surface area (TPSA) is 80.9 Å². The van der Waals surface area contributed by atoms with Crippen LogP contribution < -0.4 is 11.1 Å². The number of benzene rings is 1. The molecule has 7 heteroatoms. The zero-order valence-electron chi connectivity index (χ0n) is 8.79. The number of thioether (sulfide) groups is 1. The van der Waals surface area contributed by atoms with E-state index < -0.39 is 0 Å². The Morgan fingerprint density at radius 3 is 3.00 bits per heavy atom. The van der Waals surface area contributed by atoms with Gasteiger partial charge in [-0.1, -0.05) is 23.5 Å². The maximum Gasteiger partial charge on any atom is 0.236 e. The summed E-state index contributed by atoms with van der Waals surface area (Å²) >= 11 is 2.68. The highest BCUT2D eigenvalue weighted by Crippen LogP contribution is 2.24. The van der Waals surface area contributed by atoms with Crippen molar-refractivity contribution in [2.75, 3.05) is 16.8 Å². The number of nitrogen functional groups attached to an aromatic ring is 1. The average molecular weight is 266 g/mol. The Morgan fingerprint density at radius 1 is 1.47 bits per heavy atom. The van der Waals surface area contributed by atoms with Crippen LogP contribution in [0.2, 0.25) is 0 Å². The van der Waals surface area contributed by atoms with Crippen LogP contribution in [-0.4, -0.2) is 21.9 Å². The van der Waals surface area contributed by atoms with Gasteiger partial charge in [0, 0.05) is 10.6 Å². The number of para-hydroxylation sites is 1. The Balaban J connectivity index is 1.86. The lowest BCUT2D eigenvalue weighted by molar-refractivity contribution is -0.113. The van der Waals surface area contributed by atoms with Crippen molar-refractivity contribution in [2.24, 2.45) is 0 Å². The summed E-state index contributed by atoms with van der Waals surface area (Å²) in [7, 11) is 0. The molecule has 1 aromatic heterocycles. The maximum absolute atomic E-state index is 11.6. The summed E-state index contributed by atoms with van der Waals surface area (Å²) in [4.78, 5) is 12.5. The second-order valence-corrected chi connectivity index (χ2v) is 4.97. The first kappa shape index (κ1) is 11.9. The minimum Gasteiger partial charge on any atom is -0.398 e. The van der Waals surface area contributed by atoms with Crippen LogP contribution in [0.3, 0.4) is 0 Å². The summed E-state index contributed by atoms with van der Waals surface area (Å²) in [6.07, 6.45) is 0. The largest absolute Gasteiger partial charge is 0.398 e. The van der Waals surface area contributed by atoms with Gasteiger partial charge in [0.15, 0.2) is 0 Å². The third kappa shape index (κ3) is 3.43. The molecule has 0 radical (unpaired) electrons. The van der Waals surface area contributed by atoms with Gasteiger partial charge in [-0.25, -0.2) is 0 Å². The molecule has 2 rings (SSSR count). The summed E-state index contributed by atoms with van der Waals surface area (Å²) in [5, 5.41) is 10.5. The first-order chi connectivity index (χ1) is 8.25. The van der Waals surface area contributed by atoms with Gasteiger partial charge in [-0.05, 0) is 12.1 Å². The minimum absolute atomic E-state index is 0.116. The van der Waals surface area contributed by atoms with Crippen molar-refractivity contribution in [3.8, 4) is 0 Å². The second-order valence-electron chi connectivity index (χ2n) is 3.12. The number of carbonyl (C=O) groups is 1. The fourth-order valence-electron chi connectivity index (χ4n) is 1.14. The molecule has 17 heavy (non-hydrogen) atoms. The highest BCUT2D eigenvalue weighted by molar-refractivity contribution is 8.00. The van der Waals surface area contributed by atoms with Crippen LogP contribution in [-0.2, 0) is 4.79 Å². The van der Waals surface area contributed by atoms with E-state index in [1.165, 1.54) is 23.1 Å². The molecular weight excluding hydrogens is 256 g/mol. The number of hydrogen-bond donors (Lipinski definition) is 2. The standard InChI is InChI=1S/C10H10N4OS2/c11-7-3-1-2-4-8(7)16-5-9(15)13-10-14-12-6-17-10/h1-4,6H,5,11H2,(H,13,14,15). The van der Waals surface area contributed by atoms with E-state index in [2.05, 4.69) is 15.5 Å². The highest BCUT2D eigenvalue weighted by atomic mass is 32.2. The molecule has 0 aliphatic carbocycles. The number of nitrogens with one attached hydrogen (secondary N) is 1. The van der Waals surface area contributed by atoms with E-state index in [0.29, 0.717) is 16.6 Å². The summed E-state index contributed by atoms with van der Waals surface area (Å²) < 4.78 is 0. The number of aromatic nitrogens is 2. The zero-order valence-corrected chi connectivity index (χ0v) is 10.4. The zero-order chi connectivity index (χ0) is 12.1. The van der Waals surface area contributed by atoms with Crippen LogP contribution in [0.5, 0.6) is 0 Å². The van der Waals surface area contributed by atoms with Crippen molar-refractivity contribution in [2.45, 2.75) is 4.90 Å². The van der Waals surface area contributed by atoms with Crippen molar-refractivity contribution in [1.82, 2.24) is 10.2 Å². The Morgan fingerprint density at radius 2 is 2.29 bits per heavy atom. The Hall–Kier alpha value is -1.60. The Kier molecular flexibility index (Phi) is 3.94. The van der Waals surface area contributed by atoms with Crippen LogP contribution in [0.25, 0.3) is 0 Å². The number of amides is 1. The predicted octanol–water partition coefficient (Wildman–Crippen LogP) is 1.85. The van der Waals surface area contributed by atoms with Crippen molar-refractivity contribution in [1.29, 1.82) is 0 Å². The first-order valence-corrected chi connectivity index (χ1v) is 6.65. The van der Waals surface area contributed by atoms with Crippen molar-refractivity contribution in [3.05, 3.63) is 29.8 Å². The van der Waals surface area contributed by atoms with Gasteiger partial charge in [-0.15, -0.1) is 22.0 Å². The first-order valence-electron chi connectivity index (χ1n) is 4.79. The molecule has 3 N–H and O–H groups in total. The second kappa shape index (κ2) is 5.65. The van der Waals surface area contributed by atoms with Gasteiger partial charge in [-0.2, -0.15) is 0 Å². The van der Waals surface area contributed by atoms with E-state index in [1.54, 1.807) is 5.51 Å². The molecule has 0 spiro atoms. The molecule has 1 heterocycles. The quantitative estimate of drug-likeness (QED) is 0.652. The SMILES string of the molecule is Nc1ccccc1SCC(=O)Nc1nncs1. The minimum atomic E-state index is -0.116. The lowest BCUT2D eigenvalue weighted by Crippen LogP contribution is -2.13. The van der Waals surface area contributed by atoms with Gasteiger partial charge in [-0.3, -0.25) is 10.1 Å². The molecular formula is C10H10N4OS2. The molecule has 0 atom stereocenters. The van der Waals surface area contributed by atoms with E-state index in [0.717, 1.165) is 4.90 Å². The molecule has 0 unspecified atom stereocenters. The Labute approximate surface area is 106 Å². The van der Waals surface area contributed by atoms with Crippen LogP contribution in [0, 0.1) is 0 Å². The summed E-state index contributed by atoms with van der Waals surface area (Å²) in [5.41, 5.74) is 8.02. The number of carbonyl (C=O) groups excluding carboxylic acids is 1. The molecule has 0 bridgehead atoms. The number of nitrogens with zero attached hydrogens (tertiary/aromatic N) is 2. The lowest BCUT2D eigenvalue weighted by atomic mass is 10.3. The van der Waals surface area contributed by atoms with Crippen molar-refractivity contribution in [3.63, 3.8) is 0 Å². The molecule has 0 fully saturated rings. The van der Waals surface area contributed by atoms with E-state index in [4.69, 9.17) is 5.73 Å². The monoisotopic (exact) mass is 266 g/mol. The van der Waals surface area contributed by atoms with E-state index in [9.17, 15) is 4.79 Å². The van der Waals surface area contributed by atoms with Crippen molar-refractivity contribution < 1.29 is 4.79 Å². The van der Waals surface area contributed by atoms with Gasteiger partial charge in [0.25, 0.3) is 0 Å². The van der Waals surface area contributed by atoms with Gasteiger partial charge < -0.3 is 5.73 Å². The summed E-state index contributed by atoms with van der Waals surface area (Å²) in [6, 6.07) is 7.45. The molecule has 88 valence electrons. The molecule has 0 aliphatic rings. The Bertz CT molecular complexity index is 501. The molecule has 2 aromatic rings. The molecule has 1 amide bonds. The molecule has 1 aromatic carbocycles. The normalized spacial score (nSPS) is 10.1. The number of nitrogens with two attached hydrogens (primary N) is 1. The lowest BCUT2D eigenvalue weighted by Gasteiger charge is -2.04. The van der Waals surface area contributed by atoms with Gasteiger partial charge >= 0.3 is 0 Å². The van der Waals surface area contributed by atoms with Crippen LogP contribution in [0.4, 0.5) is 10.8 Å². The average Bonchev–Trinajstić information content (AvgIpc) is 2.81. The van der Waals surface area contributed by atoms with E-state index in [1.807, 2.05) is 24.3 Å². The molecule has 5 nitrogen and oxygen atoms in total. The van der Waals surface area contributed by atoms with Crippen LogP contribution >= 0.6 is 23.1 Å². The third-order valence-corrected chi connectivity index (χ3v) is 3.58. The fourth-order valence-corrected chi connectivity index (χ4v) is 2.37. The van der Waals surface area contributed by atoms with E-state index >= 15 is 0 Å². The summed E-state index contributed by atoms with van der Waals surface area (Å²) in [5.74, 6) is 0.184. The van der Waals surface area contributed by atoms with Gasteiger partial charge in [0.2, 0.25) is 11.0 Å². The fraction of sp³-hybridized carbons (Fsp3) is 0.100. The molecule has 0 aliphatic heterocycles. The number of anilines is 2.